The number of amides is 2. The molecule has 7 nitrogen and oxygen atoms in total. The van der Waals surface area contributed by atoms with Crippen molar-refractivity contribution in [3.05, 3.63) is 64.3 Å². The Labute approximate surface area is 169 Å². The van der Waals surface area contributed by atoms with E-state index < -0.39 is 17.9 Å². The Bertz CT molecular complexity index is 1060. The molecule has 8 heteroatoms. The lowest BCUT2D eigenvalue weighted by atomic mass is 10.0. The standard InChI is InChI=1S/C20H18BrN3O4/c1-11(25)23-15-4-2-3-12(7-15)19(26)24-18(20(27)28)8-13-10-22-17-6-5-14(21)9-16(13)17/h2-7,9-10,18,22H,8H2,1H3,(H,23,25)(H,24,26)(H,27,28). The molecule has 2 aromatic carbocycles. The molecule has 1 aromatic heterocycles. The fraction of sp³-hybridized carbons (Fsp3) is 0.150. The quantitative estimate of drug-likeness (QED) is 0.468. The van der Waals surface area contributed by atoms with E-state index in [9.17, 15) is 19.5 Å². The number of benzene rings is 2. The number of halogens is 1. The van der Waals surface area contributed by atoms with Gasteiger partial charge in [-0.05, 0) is 42.0 Å². The van der Waals surface area contributed by atoms with Crippen molar-refractivity contribution in [2.45, 2.75) is 19.4 Å². The molecule has 0 aliphatic rings. The van der Waals surface area contributed by atoms with Crippen LogP contribution >= 0.6 is 15.9 Å². The minimum Gasteiger partial charge on any atom is -0.480 e. The van der Waals surface area contributed by atoms with Gasteiger partial charge in [-0.3, -0.25) is 9.59 Å². The molecule has 2 amide bonds. The largest absolute Gasteiger partial charge is 0.480 e. The van der Waals surface area contributed by atoms with Gasteiger partial charge in [-0.15, -0.1) is 0 Å². The summed E-state index contributed by atoms with van der Waals surface area (Å²) in [6.45, 7) is 1.37. The highest BCUT2D eigenvalue weighted by Crippen LogP contribution is 2.24. The van der Waals surface area contributed by atoms with Crippen molar-refractivity contribution in [3.63, 3.8) is 0 Å². The molecule has 3 rings (SSSR count). The minimum absolute atomic E-state index is 0.128. The van der Waals surface area contributed by atoms with Crippen LogP contribution in [-0.2, 0) is 16.0 Å². The highest BCUT2D eigenvalue weighted by molar-refractivity contribution is 9.10. The summed E-state index contributed by atoms with van der Waals surface area (Å²) in [5.74, 6) is -1.91. The van der Waals surface area contributed by atoms with Crippen LogP contribution in [0.3, 0.4) is 0 Å². The first-order valence-electron chi connectivity index (χ1n) is 8.50. The minimum atomic E-state index is -1.13. The van der Waals surface area contributed by atoms with Gasteiger partial charge in [-0.25, -0.2) is 4.79 Å². The Morgan fingerprint density at radius 1 is 1.18 bits per heavy atom. The summed E-state index contributed by atoms with van der Waals surface area (Å²) in [5.41, 5.74) is 2.40. The Morgan fingerprint density at radius 2 is 1.96 bits per heavy atom. The highest BCUT2D eigenvalue weighted by Gasteiger charge is 2.22. The number of aromatic amines is 1. The lowest BCUT2D eigenvalue weighted by Gasteiger charge is -2.15. The molecule has 144 valence electrons. The molecule has 4 N–H and O–H groups in total. The summed E-state index contributed by atoms with van der Waals surface area (Å²) in [7, 11) is 0. The van der Waals surface area contributed by atoms with E-state index in [1.54, 1.807) is 24.4 Å². The Kier molecular flexibility index (Phi) is 5.79. The monoisotopic (exact) mass is 443 g/mol. The molecule has 0 saturated carbocycles. The number of carboxylic acid groups (broad SMARTS) is 1. The van der Waals surface area contributed by atoms with Gasteiger partial charge in [-0.1, -0.05) is 22.0 Å². The maximum absolute atomic E-state index is 12.5. The number of rotatable bonds is 6. The van der Waals surface area contributed by atoms with Gasteiger partial charge in [-0.2, -0.15) is 0 Å². The molecule has 0 spiro atoms. The van der Waals surface area contributed by atoms with E-state index >= 15 is 0 Å². The number of hydrogen-bond donors (Lipinski definition) is 4. The van der Waals surface area contributed by atoms with Gasteiger partial charge in [0.25, 0.3) is 5.91 Å². The fourth-order valence-corrected chi connectivity index (χ4v) is 3.28. The number of carbonyl (C=O) groups is 3. The number of aromatic nitrogens is 1. The molecule has 0 aliphatic carbocycles. The van der Waals surface area contributed by atoms with E-state index in [2.05, 4.69) is 31.5 Å². The van der Waals surface area contributed by atoms with Gasteiger partial charge in [0.05, 0.1) is 0 Å². The maximum atomic E-state index is 12.5. The van der Waals surface area contributed by atoms with Crippen molar-refractivity contribution >= 4 is 50.3 Å². The molecule has 0 radical (unpaired) electrons. The first kappa shape index (κ1) is 19.6. The van der Waals surface area contributed by atoms with Crippen LogP contribution in [0.5, 0.6) is 0 Å². The number of H-pyrrole nitrogens is 1. The molecule has 0 bridgehead atoms. The molecule has 0 aliphatic heterocycles. The molecule has 0 fully saturated rings. The number of nitrogens with one attached hydrogen (secondary N) is 3. The first-order chi connectivity index (χ1) is 13.3. The number of carbonyl (C=O) groups excluding carboxylic acids is 2. The Balaban J connectivity index is 1.79. The van der Waals surface area contributed by atoms with Crippen molar-refractivity contribution in [2.24, 2.45) is 0 Å². The van der Waals surface area contributed by atoms with Crippen LogP contribution in [-0.4, -0.2) is 33.9 Å². The fourth-order valence-electron chi connectivity index (χ4n) is 2.92. The van der Waals surface area contributed by atoms with Crippen molar-refractivity contribution < 1.29 is 19.5 Å². The smallest absolute Gasteiger partial charge is 0.326 e. The molecule has 1 heterocycles. The zero-order valence-corrected chi connectivity index (χ0v) is 16.5. The SMILES string of the molecule is CC(=O)Nc1cccc(C(=O)NC(Cc2c[nH]c3ccc(Br)cc23)C(=O)O)c1. The second-order valence-corrected chi connectivity index (χ2v) is 7.25. The van der Waals surface area contributed by atoms with E-state index in [1.165, 1.54) is 13.0 Å². The zero-order valence-electron chi connectivity index (χ0n) is 15.0. The first-order valence-corrected chi connectivity index (χ1v) is 9.29. The molecular weight excluding hydrogens is 426 g/mol. The lowest BCUT2D eigenvalue weighted by molar-refractivity contribution is -0.139. The van der Waals surface area contributed by atoms with Gasteiger partial charge in [0.15, 0.2) is 0 Å². The van der Waals surface area contributed by atoms with E-state index in [1.807, 2.05) is 18.2 Å². The molecule has 1 atom stereocenters. The molecular formula is C20H18BrN3O4. The number of carboxylic acids is 1. The van der Waals surface area contributed by atoms with Gasteiger partial charge in [0.1, 0.15) is 6.04 Å². The zero-order chi connectivity index (χ0) is 20.3. The Hall–Kier alpha value is -3.13. The summed E-state index contributed by atoms with van der Waals surface area (Å²) in [6.07, 6.45) is 1.87. The molecule has 28 heavy (non-hydrogen) atoms. The number of aliphatic carboxylic acids is 1. The molecule has 1 unspecified atom stereocenters. The molecule has 0 saturated heterocycles. The molecule has 3 aromatic rings. The average Bonchev–Trinajstić information content (AvgIpc) is 3.02. The van der Waals surface area contributed by atoms with Crippen molar-refractivity contribution in [1.82, 2.24) is 10.3 Å². The number of anilines is 1. The van der Waals surface area contributed by atoms with E-state index in [0.29, 0.717) is 5.69 Å². The third kappa shape index (κ3) is 4.58. The second kappa shape index (κ2) is 8.26. The van der Waals surface area contributed by atoms with E-state index in [-0.39, 0.29) is 17.9 Å². The second-order valence-electron chi connectivity index (χ2n) is 6.33. The van der Waals surface area contributed by atoms with Crippen LogP contribution in [0.1, 0.15) is 22.8 Å². The Morgan fingerprint density at radius 3 is 2.68 bits per heavy atom. The number of fused-ring (bicyclic) bond motifs is 1. The van der Waals surface area contributed by atoms with Crippen LogP contribution < -0.4 is 10.6 Å². The van der Waals surface area contributed by atoms with Crippen molar-refractivity contribution in [1.29, 1.82) is 0 Å². The predicted octanol–water partition coefficient (Wildman–Crippen LogP) is 3.31. The highest BCUT2D eigenvalue weighted by atomic mass is 79.9. The van der Waals surface area contributed by atoms with Gasteiger partial charge >= 0.3 is 5.97 Å². The topological polar surface area (TPSA) is 111 Å². The van der Waals surface area contributed by atoms with Crippen LogP contribution in [0.2, 0.25) is 0 Å². The van der Waals surface area contributed by atoms with E-state index in [0.717, 1.165) is 20.9 Å². The van der Waals surface area contributed by atoms with Gasteiger partial charge in [0.2, 0.25) is 5.91 Å². The van der Waals surface area contributed by atoms with Crippen molar-refractivity contribution in [2.75, 3.05) is 5.32 Å². The van der Waals surface area contributed by atoms with E-state index in [4.69, 9.17) is 0 Å². The van der Waals surface area contributed by atoms with Crippen molar-refractivity contribution in [3.8, 4) is 0 Å². The number of hydrogen-bond acceptors (Lipinski definition) is 3. The summed E-state index contributed by atoms with van der Waals surface area (Å²) < 4.78 is 0.881. The summed E-state index contributed by atoms with van der Waals surface area (Å²) in [4.78, 5) is 38.5. The van der Waals surface area contributed by atoms with Crippen LogP contribution in [0.15, 0.2) is 53.1 Å². The third-order valence-electron chi connectivity index (χ3n) is 4.20. The third-order valence-corrected chi connectivity index (χ3v) is 4.70. The maximum Gasteiger partial charge on any atom is 0.326 e. The normalized spacial score (nSPS) is 11.8. The van der Waals surface area contributed by atoms with Crippen LogP contribution in [0.4, 0.5) is 5.69 Å². The summed E-state index contributed by atoms with van der Waals surface area (Å²) in [5, 5.41) is 15.6. The van der Waals surface area contributed by atoms with Crippen LogP contribution in [0, 0.1) is 0 Å². The van der Waals surface area contributed by atoms with Crippen LogP contribution in [0.25, 0.3) is 10.9 Å². The van der Waals surface area contributed by atoms with Gasteiger partial charge < -0.3 is 20.7 Å². The predicted molar refractivity (Wildman–Crippen MR) is 109 cm³/mol. The summed E-state index contributed by atoms with van der Waals surface area (Å²) >= 11 is 3.41. The summed E-state index contributed by atoms with van der Waals surface area (Å²) in [6, 6.07) is 10.9. The lowest BCUT2D eigenvalue weighted by Crippen LogP contribution is -2.42. The van der Waals surface area contributed by atoms with Gasteiger partial charge in [0, 0.05) is 46.2 Å². The average molecular weight is 444 g/mol.